The van der Waals surface area contributed by atoms with Gasteiger partial charge in [-0.15, -0.1) is 11.8 Å². The highest BCUT2D eigenvalue weighted by molar-refractivity contribution is 8.00. The predicted molar refractivity (Wildman–Crippen MR) is 91.7 cm³/mol. The van der Waals surface area contributed by atoms with E-state index in [9.17, 15) is 13.6 Å². The van der Waals surface area contributed by atoms with Gasteiger partial charge in [-0.3, -0.25) is 4.79 Å². The Balaban J connectivity index is 1.95. The SMILES string of the molecule is COc1ccc(C2SCC(=O)N2Cc2c(F)cccc2F)c(OC)c1. The number of thioether (sulfide) groups is 1. The molecule has 132 valence electrons. The van der Waals surface area contributed by atoms with E-state index in [4.69, 9.17) is 9.47 Å². The van der Waals surface area contributed by atoms with E-state index in [0.717, 1.165) is 5.56 Å². The van der Waals surface area contributed by atoms with Crippen molar-refractivity contribution in [3.05, 3.63) is 59.2 Å². The summed E-state index contributed by atoms with van der Waals surface area (Å²) in [6, 6.07) is 8.98. The lowest BCUT2D eigenvalue weighted by atomic mass is 10.1. The molecule has 0 spiro atoms. The number of rotatable bonds is 5. The summed E-state index contributed by atoms with van der Waals surface area (Å²) in [5, 5.41) is -0.382. The molecule has 1 amide bonds. The maximum atomic E-state index is 14.0. The second-order valence-corrected chi connectivity index (χ2v) is 6.56. The molecule has 3 rings (SSSR count). The molecule has 0 bridgehead atoms. The molecule has 1 unspecified atom stereocenters. The van der Waals surface area contributed by atoms with E-state index in [1.807, 2.05) is 0 Å². The van der Waals surface area contributed by atoms with E-state index >= 15 is 0 Å². The summed E-state index contributed by atoms with van der Waals surface area (Å²) in [7, 11) is 3.08. The Morgan fingerprint density at radius 1 is 1.16 bits per heavy atom. The van der Waals surface area contributed by atoms with Crippen LogP contribution in [-0.4, -0.2) is 30.8 Å². The number of benzene rings is 2. The average Bonchev–Trinajstić information content (AvgIpc) is 2.98. The molecule has 7 heteroatoms. The van der Waals surface area contributed by atoms with Crippen molar-refractivity contribution in [3.8, 4) is 11.5 Å². The van der Waals surface area contributed by atoms with Crippen molar-refractivity contribution in [2.24, 2.45) is 0 Å². The Labute approximate surface area is 148 Å². The maximum Gasteiger partial charge on any atom is 0.234 e. The van der Waals surface area contributed by atoms with Gasteiger partial charge in [-0.1, -0.05) is 6.07 Å². The van der Waals surface area contributed by atoms with E-state index in [0.29, 0.717) is 11.5 Å². The summed E-state index contributed by atoms with van der Waals surface area (Å²) in [5.41, 5.74) is 0.645. The molecule has 0 radical (unpaired) electrons. The smallest absolute Gasteiger partial charge is 0.234 e. The van der Waals surface area contributed by atoms with Crippen molar-refractivity contribution in [1.82, 2.24) is 4.90 Å². The van der Waals surface area contributed by atoms with Crippen LogP contribution in [0, 0.1) is 11.6 Å². The van der Waals surface area contributed by atoms with Crippen LogP contribution < -0.4 is 9.47 Å². The number of nitrogens with zero attached hydrogens (tertiary/aromatic N) is 1. The van der Waals surface area contributed by atoms with Gasteiger partial charge in [-0.05, 0) is 24.3 Å². The van der Waals surface area contributed by atoms with Crippen LogP contribution in [0.4, 0.5) is 8.78 Å². The van der Waals surface area contributed by atoms with E-state index in [2.05, 4.69) is 0 Å². The first-order valence-electron chi connectivity index (χ1n) is 7.61. The summed E-state index contributed by atoms with van der Waals surface area (Å²) >= 11 is 1.40. The van der Waals surface area contributed by atoms with Crippen LogP contribution in [0.5, 0.6) is 11.5 Å². The van der Waals surface area contributed by atoms with Crippen LogP contribution in [0.15, 0.2) is 36.4 Å². The molecule has 0 saturated carbocycles. The van der Waals surface area contributed by atoms with Gasteiger partial charge < -0.3 is 14.4 Å². The fourth-order valence-corrected chi connectivity index (χ4v) is 3.97. The van der Waals surface area contributed by atoms with E-state index in [1.165, 1.54) is 42.0 Å². The van der Waals surface area contributed by atoms with Crippen LogP contribution in [0.25, 0.3) is 0 Å². The normalized spacial score (nSPS) is 17.0. The predicted octanol–water partition coefficient (Wildman–Crippen LogP) is 3.76. The minimum absolute atomic E-state index is 0.115. The number of carbonyl (C=O) groups excluding carboxylic acids is 1. The van der Waals surface area contributed by atoms with Crippen molar-refractivity contribution >= 4 is 17.7 Å². The second-order valence-electron chi connectivity index (χ2n) is 5.49. The molecule has 1 saturated heterocycles. The summed E-state index contributed by atoms with van der Waals surface area (Å²) in [4.78, 5) is 13.8. The number of ether oxygens (including phenoxy) is 2. The molecular weight excluding hydrogens is 348 g/mol. The zero-order valence-electron chi connectivity index (χ0n) is 13.8. The highest BCUT2D eigenvalue weighted by atomic mass is 32.2. The van der Waals surface area contributed by atoms with Crippen LogP contribution in [0.3, 0.4) is 0 Å². The van der Waals surface area contributed by atoms with Gasteiger partial charge in [0.25, 0.3) is 0 Å². The van der Waals surface area contributed by atoms with E-state index in [-0.39, 0.29) is 29.1 Å². The first-order valence-corrected chi connectivity index (χ1v) is 8.66. The van der Waals surface area contributed by atoms with E-state index < -0.39 is 11.6 Å². The Bertz CT molecular complexity index is 780. The monoisotopic (exact) mass is 365 g/mol. The lowest BCUT2D eigenvalue weighted by Crippen LogP contribution is -2.28. The largest absolute Gasteiger partial charge is 0.497 e. The van der Waals surface area contributed by atoms with Gasteiger partial charge in [0.05, 0.1) is 26.5 Å². The third-order valence-electron chi connectivity index (χ3n) is 4.06. The fraction of sp³-hybridized carbons (Fsp3) is 0.278. The molecule has 0 aliphatic carbocycles. The Kier molecular flexibility index (Phi) is 5.13. The number of methoxy groups -OCH3 is 2. The molecule has 1 aliphatic heterocycles. The van der Waals surface area contributed by atoms with Gasteiger partial charge in [0.1, 0.15) is 28.5 Å². The van der Waals surface area contributed by atoms with Crippen LogP contribution in [-0.2, 0) is 11.3 Å². The van der Waals surface area contributed by atoms with Crippen molar-refractivity contribution in [2.75, 3.05) is 20.0 Å². The Morgan fingerprint density at radius 3 is 2.52 bits per heavy atom. The molecule has 4 nitrogen and oxygen atoms in total. The summed E-state index contributed by atoms with van der Waals surface area (Å²) in [5.74, 6) is -0.0615. The summed E-state index contributed by atoms with van der Waals surface area (Å²) in [6.07, 6.45) is 0. The molecule has 1 heterocycles. The fourth-order valence-electron chi connectivity index (χ4n) is 2.76. The number of hydrogen-bond donors (Lipinski definition) is 0. The average molecular weight is 365 g/mol. The number of carbonyl (C=O) groups is 1. The van der Waals surface area contributed by atoms with Crippen molar-refractivity contribution in [1.29, 1.82) is 0 Å². The van der Waals surface area contributed by atoms with Crippen molar-refractivity contribution in [3.63, 3.8) is 0 Å². The van der Waals surface area contributed by atoms with Gasteiger partial charge >= 0.3 is 0 Å². The minimum Gasteiger partial charge on any atom is -0.497 e. The van der Waals surface area contributed by atoms with Crippen LogP contribution in [0.2, 0.25) is 0 Å². The quantitative estimate of drug-likeness (QED) is 0.809. The first-order chi connectivity index (χ1) is 12.0. The molecule has 1 atom stereocenters. The van der Waals surface area contributed by atoms with Gasteiger partial charge in [0.15, 0.2) is 0 Å². The maximum absolute atomic E-state index is 14.0. The Morgan fingerprint density at radius 2 is 1.88 bits per heavy atom. The minimum atomic E-state index is -0.662. The van der Waals surface area contributed by atoms with E-state index in [1.54, 1.807) is 25.3 Å². The lowest BCUT2D eigenvalue weighted by Gasteiger charge is -2.26. The topological polar surface area (TPSA) is 38.8 Å². The van der Waals surface area contributed by atoms with Crippen LogP contribution in [0.1, 0.15) is 16.5 Å². The van der Waals surface area contributed by atoms with Gasteiger partial charge in [0, 0.05) is 17.2 Å². The van der Waals surface area contributed by atoms with Crippen molar-refractivity contribution < 1.29 is 23.0 Å². The highest BCUT2D eigenvalue weighted by Gasteiger charge is 2.35. The number of amides is 1. The molecule has 1 aliphatic rings. The molecule has 1 fully saturated rings. The third-order valence-corrected chi connectivity index (χ3v) is 5.30. The second kappa shape index (κ2) is 7.31. The zero-order valence-corrected chi connectivity index (χ0v) is 14.6. The Hall–Kier alpha value is -2.28. The number of hydrogen-bond acceptors (Lipinski definition) is 4. The zero-order chi connectivity index (χ0) is 18.0. The molecule has 0 aromatic heterocycles. The molecule has 2 aromatic rings. The van der Waals surface area contributed by atoms with Gasteiger partial charge in [-0.25, -0.2) is 8.78 Å². The van der Waals surface area contributed by atoms with Crippen molar-refractivity contribution in [2.45, 2.75) is 11.9 Å². The standard InChI is InChI=1S/C18H17F2NO3S/c1-23-11-6-7-12(16(8-11)24-2)18-21(17(22)10-25-18)9-13-14(19)4-3-5-15(13)20/h3-8,18H,9-10H2,1-2H3. The summed E-state index contributed by atoms with van der Waals surface area (Å²) in [6.45, 7) is -0.135. The first kappa shape index (κ1) is 17.5. The highest BCUT2D eigenvalue weighted by Crippen LogP contribution is 2.44. The summed E-state index contributed by atoms with van der Waals surface area (Å²) < 4.78 is 38.5. The lowest BCUT2D eigenvalue weighted by molar-refractivity contribution is -0.128. The van der Waals surface area contributed by atoms with Gasteiger partial charge in [0.2, 0.25) is 5.91 Å². The third kappa shape index (κ3) is 3.42. The molecule has 0 N–H and O–H groups in total. The van der Waals surface area contributed by atoms with Crippen LogP contribution >= 0.6 is 11.8 Å². The molecular formula is C18H17F2NO3S. The molecule has 2 aromatic carbocycles. The number of halogens is 2. The van der Waals surface area contributed by atoms with Gasteiger partial charge in [-0.2, -0.15) is 0 Å². The molecule has 25 heavy (non-hydrogen) atoms.